The minimum absolute atomic E-state index is 0.129. The second kappa shape index (κ2) is 7.35. The third kappa shape index (κ3) is 4.50. The lowest BCUT2D eigenvalue weighted by Crippen LogP contribution is -2.27. The lowest BCUT2D eigenvalue weighted by atomic mass is 10.2. The Bertz CT molecular complexity index is 766. The first-order chi connectivity index (χ1) is 11.0. The average molecular weight is 314 g/mol. The molecule has 2 rings (SSSR count). The Balaban J connectivity index is 2.02. The number of carbonyl (C=O) groups is 2. The van der Waals surface area contributed by atoms with Crippen LogP contribution in [-0.2, 0) is 17.8 Å². The van der Waals surface area contributed by atoms with Crippen LogP contribution in [0.1, 0.15) is 29.4 Å². The van der Waals surface area contributed by atoms with E-state index in [2.05, 4.69) is 10.3 Å². The molecule has 0 fully saturated rings. The number of primary amides is 1. The van der Waals surface area contributed by atoms with Crippen molar-refractivity contribution < 1.29 is 9.59 Å². The summed E-state index contributed by atoms with van der Waals surface area (Å²) in [4.78, 5) is 39.0. The smallest absolute Gasteiger partial charge is 0.253 e. The van der Waals surface area contributed by atoms with Crippen LogP contribution in [0.2, 0.25) is 0 Å². The van der Waals surface area contributed by atoms with E-state index in [1.165, 1.54) is 29.1 Å². The van der Waals surface area contributed by atoms with Gasteiger partial charge in [-0.15, -0.1) is 0 Å². The summed E-state index contributed by atoms with van der Waals surface area (Å²) in [6.45, 7) is 1.87. The number of aryl methyl sites for hydroxylation is 1. The Labute approximate surface area is 133 Å². The fourth-order valence-corrected chi connectivity index (χ4v) is 2.05. The molecule has 3 N–H and O–H groups in total. The Hall–Kier alpha value is -2.96. The van der Waals surface area contributed by atoms with Crippen molar-refractivity contribution in [2.24, 2.45) is 5.73 Å². The van der Waals surface area contributed by atoms with Gasteiger partial charge in [-0.3, -0.25) is 19.0 Å². The highest BCUT2D eigenvalue weighted by Crippen LogP contribution is 2.09. The lowest BCUT2D eigenvalue weighted by Gasteiger charge is -2.08. The molecule has 0 atom stereocenters. The van der Waals surface area contributed by atoms with Crippen molar-refractivity contribution in [1.82, 2.24) is 9.55 Å². The molecule has 2 amide bonds. The summed E-state index contributed by atoms with van der Waals surface area (Å²) in [6.07, 6.45) is 3.01. The summed E-state index contributed by atoms with van der Waals surface area (Å²) < 4.78 is 1.24. The molecule has 0 spiro atoms. The van der Waals surface area contributed by atoms with Gasteiger partial charge in [-0.1, -0.05) is 13.3 Å². The molecule has 7 heteroatoms. The minimum Gasteiger partial charge on any atom is -0.366 e. The summed E-state index contributed by atoms with van der Waals surface area (Å²) in [7, 11) is 0. The summed E-state index contributed by atoms with van der Waals surface area (Å²) in [5.74, 6) is -0.892. The van der Waals surface area contributed by atoms with E-state index in [0.717, 1.165) is 18.5 Å². The summed E-state index contributed by atoms with van der Waals surface area (Å²) >= 11 is 0. The largest absolute Gasteiger partial charge is 0.366 e. The van der Waals surface area contributed by atoms with Crippen LogP contribution >= 0.6 is 0 Å². The molecular weight excluding hydrogens is 296 g/mol. The number of hydrogen-bond donors (Lipinski definition) is 2. The van der Waals surface area contributed by atoms with Crippen LogP contribution in [0.5, 0.6) is 0 Å². The van der Waals surface area contributed by atoms with E-state index in [-0.39, 0.29) is 18.0 Å². The van der Waals surface area contributed by atoms with Crippen LogP contribution in [0.25, 0.3) is 0 Å². The zero-order valence-corrected chi connectivity index (χ0v) is 12.8. The average Bonchev–Trinajstić information content (AvgIpc) is 2.51. The number of nitrogens with zero attached hydrogens (tertiary/aromatic N) is 2. The standard InChI is InChI=1S/C16H18N4O3/c1-2-3-13-8-15(22)20(10-18-13)9-14(21)19-12-6-4-11(5-7-12)16(17)23/h4-8,10H,2-3,9H2,1H3,(H2,17,23)(H,19,21). The van der Waals surface area contributed by atoms with E-state index < -0.39 is 5.91 Å². The van der Waals surface area contributed by atoms with E-state index in [0.29, 0.717) is 11.3 Å². The molecule has 0 aliphatic carbocycles. The quantitative estimate of drug-likeness (QED) is 0.827. The zero-order valence-electron chi connectivity index (χ0n) is 12.8. The van der Waals surface area contributed by atoms with Crippen molar-refractivity contribution in [3.05, 3.63) is 58.3 Å². The number of nitrogens with two attached hydrogens (primary N) is 1. The molecule has 7 nitrogen and oxygen atoms in total. The second-order valence-corrected chi connectivity index (χ2v) is 5.09. The van der Waals surface area contributed by atoms with Gasteiger partial charge in [0.15, 0.2) is 0 Å². The number of rotatable bonds is 6. The maximum atomic E-state index is 12.0. The lowest BCUT2D eigenvalue weighted by molar-refractivity contribution is -0.116. The third-order valence-electron chi connectivity index (χ3n) is 3.21. The molecule has 120 valence electrons. The molecule has 2 aromatic rings. The van der Waals surface area contributed by atoms with Gasteiger partial charge in [-0.25, -0.2) is 4.98 Å². The third-order valence-corrected chi connectivity index (χ3v) is 3.21. The first kappa shape index (κ1) is 16.4. The molecule has 1 aromatic heterocycles. The van der Waals surface area contributed by atoms with Crippen LogP contribution in [0.4, 0.5) is 5.69 Å². The fourth-order valence-electron chi connectivity index (χ4n) is 2.05. The van der Waals surface area contributed by atoms with Gasteiger partial charge >= 0.3 is 0 Å². The molecule has 1 heterocycles. The van der Waals surface area contributed by atoms with Crippen LogP contribution in [0, 0.1) is 0 Å². The Morgan fingerprint density at radius 2 is 1.96 bits per heavy atom. The van der Waals surface area contributed by atoms with Crippen LogP contribution < -0.4 is 16.6 Å². The molecule has 0 saturated heterocycles. The predicted molar refractivity (Wildman–Crippen MR) is 86.1 cm³/mol. The van der Waals surface area contributed by atoms with E-state index in [1.807, 2.05) is 6.92 Å². The van der Waals surface area contributed by atoms with Gasteiger partial charge in [0.05, 0.1) is 6.33 Å². The second-order valence-electron chi connectivity index (χ2n) is 5.09. The molecule has 0 radical (unpaired) electrons. The number of aromatic nitrogens is 2. The van der Waals surface area contributed by atoms with Gasteiger partial charge in [0, 0.05) is 23.0 Å². The Morgan fingerprint density at radius 3 is 2.52 bits per heavy atom. The molecule has 0 saturated carbocycles. The van der Waals surface area contributed by atoms with Crippen molar-refractivity contribution in [2.45, 2.75) is 26.3 Å². The number of amides is 2. The van der Waals surface area contributed by atoms with Crippen molar-refractivity contribution >= 4 is 17.5 Å². The van der Waals surface area contributed by atoms with Gasteiger partial charge < -0.3 is 11.1 Å². The van der Waals surface area contributed by atoms with Crippen LogP contribution in [-0.4, -0.2) is 21.4 Å². The van der Waals surface area contributed by atoms with Gasteiger partial charge in [0.2, 0.25) is 11.8 Å². The van der Waals surface area contributed by atoms with Gasteiger partial charge in [-0.05, 0) is 30.7 Å². The molecule has 0 bridgehead atoms. The number of benzene rings is 1. The van der Waals surface area contributed by atoms with Crippen molar-refractivity contribution in [3.8, 4) is 0 Å². The SMILES string of the molecule is CCCc1cc(=O)n(CC(=O)Nc2ccc(C(N)=O)cc2)cn1. The molecule has 1 aromatic carbocycles. The van der Waals surface area contributed by atoms with Crippen molar-refractivity contribution in [1.29, 1.82) is 0 Å². The van der Waals surface area contributed by atoms with E-state index in [4.69, 9.17) is 5.73 Å². The number of hydrogen-bond acceptors (Lipinski definition) is 4. The van der Waals surface area contributed by atoms with Crippen LogP contribution in [0.3, 0.4) is 0 Å². The number of carbonyl (C=O) groups excluding carboxylic acids is 2. The summed E-state index contributed by atoms with van der Waals surface area (Å²) in [6, 6.07) is 7.63. The van der Waals surface area contributed by atoms with E-state index in [9.17, 15) is 14.4 Å². The monoisotopic (exact) mass is 314 g/mol. The number of nitrogens with one attached hydrogen (secondary N) is 1. The molecular formula is C16H18N4O3. The molecule has 0 unspecified atom stereocenters. The maximum Gasteiger partial charge on any atom is 0.253 e. The minimum atomic E-state index is -0.535. The normalized spacial score (nSPS) is 10.3. The zero-order chi connectivity index (χ0) is 16.8. The van der Waals surface area contributed by atoms with Gasteiger partial charge in [-0.2, -0.15) is 0 Å². The Morgan fingerprint density at radius 1 is 1.26 bits per heavy atom. The number of anilines is 1. The Kier molecular flexibility index (Phi) is 5.24. The highest BCUT2D eigenvalue weighted by atomic mass is 16.2. The first-order valence-corrected chi connectivity index (χ1v) is 7.24. The molecule has 0 aliphatic rings. The molecule has 0 aliphatic heterocycles. The van der Waals surface area contributed by atoms with E-state index >= 15 is 0 Å². The first-order valence-electron chi connectivity index (χ1n) is 7.24. The van der Waals surface area contributed by atoms with Crippen LogP contribution in [0.15, 0.2) is 41.5 Å². The van der Waals surface area contributed by atoms with Gasteiger partial charge in [0.25, 0.3) is 5.56 Å². The highest BCUT2D eigenvalue weighted by molar-refractivity contribution is 5.94. The summed E-state index contributed by atoms with van der Waals surface area (Å²) in [5.41, 5.74) is 6.48. The van der Waals surface area contributed by atoms with Crippen molar-refractivity contribution in [3.63, 3.8) is 0 Å². The van der Waals surface area contributed by atoms with E-state index in [1.54, 1.807) is 12.1 Å². The molecule has 23 heavy (non-hydrogen) atoms. The predicted octanol–water partition coefficient (Wildman–Crippen LogP) is 0.933. The topological polar surface area (TPSA) is 107 Å². The maximum absolute atomic E-state index is 12.0. The fraction of sp³-hybridized carbons (Fsp3) is 0.250. The summed E-state index contributed by atoms with van der Waals surface area (Å²) in [5, 5.41) is 2.64. The van der Waals surface area contributed by atoms with Gasteiger partial charge in [0.1, 0.15) is 6.54 Å². The van der Waals surface area contributed by atoms with Crippen molar-refractivity contribution in [2.75, 3.05) is 5.32 Å². The highest BCUT2D eigenvalue weighted by Gasteiger charge is 2.07.